The van der Waals surface area contributed by atoms with Crippen molar-refractivity contribution in [3.05, 3.63) is 75.2 Å². The summed E-state index contributed by atoms with van der Waals surface area (Å²) >= 11 is 7.15. The molecule has 6 nitrogen and oxygen atoms in total. The van der Waals surface area contributed by atoms with Gasteiger partial charge in [-0.2, -0.15) is 4.98 Å². The molecule has 2 heterocycles. The van der Waals surface area contributed by atoms with Crippen molar-refractivity contribution in [1.82, 2.24) is 9.55 Å². The third kappa shape index (κ3) is 4.15. The molecule has 1 aromatic carbocycles. The Hall–Kier alpha value is -2.51. The molecule has 0 fully saturated rings. The van der Waals surface area contributed by atoms with Crippen molar-refractivity contribution in [2.24, 2.45) is 0 Å². The summed E-state index contributed by atoms with van der Waals surface area (Å²) in [6.45, 7) is 0.378. The summed E-state index contributed by atoms with van der Waals surface area (Å²) in [5.74, 6) is 0.755. The predicted molar refractivity (Wildman–Crippen MR) is 109 cm³/mol. The van der Waals surface area contributed by atoms with Crippen molar-refractivity contribution in [3.63, 3.8) is 0 Å². The molecule has 1 aliphatic carbocycles. The molecular weight excluding hydrogens is 398 g/mol. The summed E-state index contributed by atoms with van der Waals surface area (Å²) < 4.78 is 7.05. The van der Waals surface area contributed by atoms with Crippen molar-refractivity contribution in [2.75, 3.05) is 11.1 Å². The van der Waals surface area contributed by atoms with Crippen LogP contribution in [0.15, 0.2) is 56.9 Å². The van der Waals surface area contributed by atoms with Gasteiger partial charge in [0.15, 0.2) is 0 Å². The fourth-order valence-electron chi connectivity index (χ4n) is 3.29. The van der Waals surface area contributed by atoms with E-state index in [-0.39, 0.29) is 17.3 Å². The number of amides is 1. The van der Waals surface area contributed by atoms with Gasteiger partial charge < -0.3 is 9.73 Å². The van der Waals surface area contributed by atoms with E-state index in [1.54, 1.807) is 41.2 Å². The topological polar surface area (TPSA) is 77.1 Å². The summed E-state index contributed by atoms with van der Waals surface area (Å²) in [5.41, 5.74) is 2.44. The molecule has 0 aliphatic heterocycles. The lowest BCUT2D eigenvalue weighted by molar-refractivity contribution is -0.113. The van der Waals surface area contributed by atoms with Crippen LogP contribution < -0.4 is 11.0 Å². The Morgan fingerprint density at radius 2 is 2.07 bits per heavy atom. The second kappa shape index (κ2) is 8.24. The highest BCUT2D eigenvalue weighted by molar-refractivity contribution is 8.00. The second-order valence-corrected chi connectivity index (χ2v) is 7.89. The third-order valence-corrected chi connectivity index (χ3v) is 5.83. The van der Waals surface area contributed by atoms with E-state index in [9.17, 15) is 9.59 Å². The Bertz CT molecular complexity index is 1050. The fourth-order valence-corrected chi connectivity index (χ4v) is 4.29. The van der Waals surface area contributed by atoms with Gasteiger partial charge in [-0.1, -0.05) is 23.4 Å². The molecule has 0 bridgehead atoms. The minimum absolute atomic E-state index is 0.152. The van der Waals surface area contributed by atoms with Crippen LogP contribution >= 0.6 is 23.4 Å². The van der Waals surface area contributed by atoms with Crippen LogP contribution in [0.25, 0.3) is 0 Å². The van der Waals surface area contributed by atoms with Crippen LogP contribution in [0.1, 0.15) is 23.4 Å². The lowest BCUT2D eigenvalue weighted by Gasteiger charge is -2.13. The molecule has 1 amide bonds. The smallest absolute Gasteiger partial charge is 0.349 e. The highest BCUT2D eigenvalue weighted by Crippen LogP contribution is 2.29. The van der Waals surface area contributed by atoms with Crippen molar-refractivity contribution in [2.45, 2.75) is 30.8 Å². The van der Waals surface area contributed by atoms with E-state index in [0.717, 1.165) is 36.3 Å². The molecule has 0 radical (unpaired) electrons. The van der Waals surface area contributed by atoms with E-state index in [0.29, 0.717) is 22.3 Å². The average molecular weight is 416 g/mol. The van der Waals surface area contributed by atoms with Crippen LogP contribution in [0.2, 0.25) is 5.02 Å². The first-order chi connectivity index (χ1) is 13.6. The molecule has 8 heteroatoms. The molecule has 4 rings (SSSR count). The van der Waals surface area contributed by atoms with Gasteiger partial charge in [-0.05, 0) is 55.7 Å². The molecule has 0 unspecified atom stereocenters. The number of hydrogen-bond donors (Lipinski definition) is 1. The van der Waals surface area contributed by atoms with Gasteiger partial charge in [0.05, 0.1) is 18.6 Å². The summed E-state index contributed by atoms with van der Waals surface area (Å²) in [6.07, 6.45) is 4.26. The zero-order valence-corrected chi connectivity index (χ0v) is 16.6. The molecule has 144 valence electrons. The van der Waals surface area contributed by atoms with Gasteiger partial charge in [0, 0.05) is 22.0 Å². The van der Waals surface area contributed by atoms with Crippen LogP contribution in [0.3, 0.4) is 0 Å². The Balaban J connectivity index is 1.48. The highest BCUT2D eigenvalue weighted by Gasteiger charge is 2.23. The molecule has 0 spiro atoms. The van der Waals surface area contributed by atoms with Crippen LogP contribution in [-0.4, -0.2) is 21.2 Å². The number of carbonyl (C=O) groups excluding carboxylic acids is 1. The number of aromatic nitrogens is 2. The van der Waals surface area contributed by atoms with Gasteiger partial charge in [0.1, 0.15) is 10.8 Å². The highest BCUT2D eigenvalue weighted by atomic mass is 35.5. The van der Waals surface area contributed by atoms with Crippen molar-refractivity contribution in [3.8, 4) is 0 Å². The minimum atomic E-state index is -0.308. The van der Waals surface area contributed by atoms with E-state index < -0.39 is 0 Å². The molecule has 1 aliphatic rings. The maximum absolute atomic E-state index is 12.6. The number of hydrogen-bond acceptors (Lipinski definition) is 5. The number of benzene rings is 1. The Labute approximate surface area is 170 Å². The maximum Gasteiger partial charge on any atom is 0.349 e. The largest absolute Gasteiger partial charge is 0.467 e. The third-order valence-electron chi connectivity index (χ3n) is 4.56. The van der Waals surface area contributed by atoms with Crippen LogP contribution in [0, 0.1) is 0 Å². The number of thioether (sulfide) groups is 1. The second-order valence-electron chi connectivity index (χ2n) is 6.49. The van der Waals surface area contributed by atoms with E-state index >= 15 is 0 Å². The maximum atomic E-state index is 12.6. The first-order valence-electron chi connectivity index (χ1n) is 8.93. The lowest BCUT2D eigenvalue weighted by Crippen LogP contribution is -2.28. The van der Waals surface area contributed by atoms with E-state index in [4.69, 9.17) is 16.0 Å². The van der Waals surface area contributed by atoms with Gasteiger partial charge in [0.25, 0.3) is 0 Å². The summed E-state index contributed by atoms with van der Waals surface area (Å²) in [4.78, 5) is 29.1. The van der Waals surface area contributed by atoms with Crippen molar-refractivity contribution >= 4 is 35.0 Å². The van der Waals surface area contributed by atoms with Crippen molar-refractivity contribution in [1.29, 1.82) is 0 Å². The van der Waals surface area contributed by atoms with Crippen LogP contribution in [-0.2, 0) is 24.2 Å². The number of halogens is 1. The minimum Gasteiger partial charge on any atom is -0.467 e. The van der Waals surface area contributed by atoms with Crippen LogP contribution in [0.5, 0.6) is 0 Å². The average Bonchev–Trinajstić information content (AvgIpc) is 3.36. The lowest BCUT2D eigenvalue weighted by atomic mass is 10.2. The first-order valence-corrected chi connectivity index (χ1v) is 10.3. The quantitative estimate of drug-likeness (QED) is 0.490. The molecule has 0 saturated carbocycles. The number of anilines is 1. The van der Waals surface area contributed by atoms with Crippen molar-refractivity contribution < 1.29 is 9.21 Å². The first kappa shape index (κ1) is 18.8. The van der Waals surface area contributed by atoms with Gasteiger partial charge in [0.2, 0.25) is 5.91 Å². The molecule has 28 heavy (non-hydrogen) atoms. The zero-order valence-electron chi connectivity index (χ0n) is 15.0. The van der Waals surface area contributed by atoms with E-state index in [2.05, 4.69) is 10.3 Å². The molecule has 0 saturated heterocycles. The molecule has 2 aromatic heterocycles. The summed E-state index contributed by atoms with van der Waals surface area (Å²) in [6, 6.07) is 10.6. The summed E-state index contributed by atoms with van der Waals surface area (Å²) in [7, 11) is 0. The fraction of sp³-hybridized carbons (Fsp3) is 0.250. The number of rotatable bonds is 6. The van der Waals surface area contributed by atoms with Crippen LogP contribution in [0.4, 0.5) is 5.69 Å². The van der Waals surface area contributed by atoms with E-state index in [1.807, 2.05) is 6.07 Å². The number of carbonyl (C=O) groups is 1. The molecule has 1 N–H and O–H groups in total. The van der Waals surface area contributed by atoms with Gasteiger partial charge >= 0.3 is 5.69 Å². The summed E-state index contributed by atoms with van der Waals surface area (Å²) in [5, 5.41) is 4.09. The molecule has 0 atom stereocenters. The number of furan rings is 1. The Morgan fingerprint density at radius 1 is 1.25 bits per heavy atom. The van der Waals surface area contributed by atoms with Gasteiger partial charge in [-0.15, -0.1) is 0 Å². The Kier molecular flexibility index (Phi) is 5.54. The monoisotopic (exact) mass is 415 g/mol. The molecular formula is C20H18ClN3O3S. The van der Waals surface area contributed by atoms with Gasteiger partial charge in [-0.3, -0.25) is 9.36 Å². The SMILES string of the molecule is O=C(CSc1nc(=O)n(Cc2ccco2)c2c1CCC2)Nc1ccc(Cl)cc1. The standard InChI is InChI=1S/C20H18ClN3O3S/c21-13-6-8-14(9-7-13)22-18(25)12-28-19-16-4-1-5-17(16)24(20(26)23-19)11-15-3-2-10-27-15/h2-3,6-10H,1,4-5,11-12H2,(H,22,25). The number of nitrogens with one attached hydrogen (secondary N) is 1. The normalized spacial score (nSPS) is 12.8. The number of nitrogens with zero attached hydrogens (tertiary/aromatic N) is 2. The predicted octanol–water partition coefficient (Wildman–Crippen LogP) is 3.76. The van der Waals surface area contributed by atoms with Gasteiger partial charge in [-0.25, -0.2) is 4.79 Å². The zero-order chi connectivity index (χ0) is 19.5. The number of fused-ring (bicyclic) bond motifs is 1. The van der Waals surface area contributed by atoms with E-state index in [1.165, 1.54) is 11.8 Å². The molecule has 3 aromatic rings. The Morgan fingerprint density at radius 3 is 2.82 bits per heavy atom.